The third kappa shape index (κ3) is 4.34. The van der Waals surface area contributed by atoms with E-state index >= 15 is 0 Å². The van der Waals surface area contributed by atoms with Crippen molar-refractivity contribution in [2.24, 2.45) is 5.73 Å². The molecule has 0 saturated heterocycles. The fourth-order valence-electron chi connectivity index (χ4n) is 2.04. The summed E-state index contributed by atoms with van der Waals surface area (Å²) in [6.07, 6.45) is 0.682. The highest BCUT2D eigenvalue weighted by Gasteiger charge is 2.18. The van der Waals surface area contributed by atoms with Gasteiger partial charge in [-0.3, -0.25) is 0 Å². The van der Waals surface area contributed by atoms with E-state index in [1.807, 2.05) is 19.1 Å². The summed E-state index contributed by atoms with van der Waals surface area (Å²) in [5.74, 6) is 1.34. The molecule has 0 bridgehead atoms. The second kappa shape index (κ2) is 8.46. The molecule has 1 aromatic carbocycles. The molecule has 0 saturated carbocycles. The maximum atomic E-state index is 8.98. The predicted octanol–water partition coefficient (Wildman–Crippen LogP) is 1.83. The molecule has 114 valence electrons. The molecule has 0 aliphatic heterocycles. The summed E-state index contributed by atoms with van der Waals surface area (Å²) in [4.78, 5) is 0. The number of aliphatic hydroxyl groups is 1. The largest absolute Gasteiger partial charge is 0.493 e. The average Bonchev–Trinajstić information content (AvgIpc) is 2.45. The predicted molar refractivity (Wildman–Crippen MR) is 83.3 cm³/mol. The fourth-order valence-corrected chi connectivity index (χ4v) is 2.64. The van der Waals surface area contributed by atoms with Crippen molar-refractivity contribution in [3.8, 4) is 11.5 Å². The minimum atomic E-state index is -0.0225. The molecule has 0 radical (unpaired) electrons. The lowest BCUT2D eigenvalue weighted by atomic mass is 10.0. The van der Waals surface area contributed by atoms with E-state index in [-0.39, 0.29) is 18.7 Å². The Balaban J connectivity index is 3.02. The maximum absolute atomic E-state index is 8.98. The highest BCUT2D eigenvalue weighted by Crippen LogP contribution is 2.36. The van der Waals surface area contributed by atoms with Gasteiger partial charge in [0.25, 0.3) is 0 Å². The van der Waals surface area contributed by atoms with Crippen LogP contribution in [0.5, 0.6) is 11.5 Å². The number of hydrogen-bond donors (Lipinski definition) is 3. The molecule has 0 heterocycles. The van der Waals surface area contributed by atoms with Crippen LogP contribution in [0.2, 0.25) is 0 Å². The second-order valence-corrected chi connectivity index (χ2v) is 5.45. The van der Waals surface area contributed by atoms with E-state index in [0.29, 0.717) is 24.5 Å². The third-order valence-electron chi connectivity index (χ3n) is 3.16. The Labute approximate surface area is 128 Å². The standard InChI is InChI=1S/C14H23BrN2O3/c1-9(4-5-18)17-12(8-16)10-6-13(19-2)14(20-3)7-11(10)15/h6-7,9,12,17-18H,4-5,8,16H2,1-3H3. The number of hydrogen-bond acceptors (Lipinski definition) is 5. The van der Waals surface area contributed by atoms with E-state index in [9.17, 15) is 0 Å². The Morgan fingerprint density at radius 2 is 1.90 bits per heavy atom. The Kier molecular flexibility index (Phi) is 7.29. The first-order chi connectivity index (χ1) is 9.57. The summed E-state index contributed by atoms with van der Waals surface area (Å²) >= 11 is 3.54. The van der Waals surface area contributed by atoms with Crippen molar-refractivity contribution in [3.63, 3.8) is 0 Å². The average molecular weight is 347 g/mol. The van der Waals surface area contributed by atoms with Gasteiger partial charge in [0.15, 0.2) is 11.5 Å². The summed E-state index contributed by atoms with van der Waals surface area (Å²) < 4.78 is 11.5. The normalized spacial score (nSPS) is 13.9. The van der Waals surface area contributed by atoms with Crippen LogP contribution in [0.3, 0.4) is 0 Å². The molecule has 1 aromatic rings. The first-order valence-corrected chi connectivity index (χ1v) is 7.35. The van der Waals surface area contributed by atoms with Crippen molar-refractivity contribution in [1.29, 1.82) is 0 Å². The number of nitrogens with one attached hydrogen (secondary N) is 1. The summed E-state index contributed by atoms with van der Waals surface area (Å²) in [5.41, 5.74) is 6.87. The molecule has 0 spiro atoms. The van der Waals surface area contributed by atoms with E-state index < -0.39 is 0 Å². The summed E-state index contributed by atoms with van der Waals surface area (Å²) in [7, 11) is 3.21. The van der Waals surface area contributed by atoms with Gasteiger partial charge in [0.2, 0.25) is 0 Å². The van der Waals surface area contributed by atoms with Crippen LogP contribution in [0.15, 0.2) is 16.6 Å². The van der Waals surface area contributed by atoms with E-state index in [0.717, 1.165) is 10.0 Å². The molecule has 0 aliphatic rings. The third-order valence-corrected chi connectivity index (χ3v) is 3.85. The van der Waals surface area contributed by atoms with Crippen molar-refractivity contribution < 1.29 is 14.6 Å². The maximum Gasteiger partial charge on any atom is 0.161 e. The first kappa shape index (κ1) is 17.2. The fraction of sp³-hybridized carbons (Fsp3) is 0.571. The number of halogens is 1. The zero-order valence-electron chi connectivity index (χ0n) is 12.1. The lowest BCUT2D eigenvalue weighted by Crippen LogP contribution is -2.35. The topological polar surface area (TPSA) is 76.7 Å². The molecule has 0 amide bonds. The van der Waals surface area contributed by atoms with Gasteiger partial charge in [-0.2, -0.15) is 0 Å². The summed E-state index contributed by atoms with van der Waals surface area (Å²) in [5, 5.41) is 12.4. The molecular weight excluding hydrogens is 324 g/mol. The Morgan fingerprint density at radius 1 is 1.30 bits per heavy atom. The van der Waals surface area contributed by atoms with Crippen molar-refractivity contribution in [3.05, 3.63) is 22.2 Å². The number of nitrogens with two attached hydrogens (primary N) is 1. The lowest BCUT2D eigenvalue weighted by Gasteiger charge is -2.24. The van der Waals surface area contributed by atoms with Crippen LogP contribution in [-0.2, 0) is 0 Å². The van der Waals surface area contributed by atoms with Gasteiger partial charge in [-0.1, -0.05) is 15.9 Å². The van der Waals surface area contributed by atoms with Gasteiger partial charge < -0.3 is 25.6 Å². The van der Waals surface area contributed by atoms with Crippen LogP contribution in [0.1, 0.15) is 24.9 Å². The molecule has 1 rings (SSSR count). The quantitative estimate of drug-likeness (QED) is 0.669. The molecule has 0 aliphatic carbocycles. The van der Waals surface area contributed by atoms with E-state index in [1.165, 1.54) is 0 Å². The molecular formula is C14H23BrN2O3. The Bertz CT molecular complexity index is 429. The molecule has 20 heavy (non-hydrogen) atoms. The summed E-state index contributed by atoms with van der Waals surface area (Å²) in [6, 6.07) is 3.94. The number of rotatable bonds is 8. The van der Waals surface area contributed by atoms with E-state index in [1.54, 1.807) is 14.2 Å². The van der Waals surface area contributed by atoms with Crippen LogP contribution in [0, 0.1) is 0 Å². The van der Waals surface area contributed by atoms with Gasteiger partial charge in [-0.25, -0.2) is 0 Å². The van der Waals surface area contributed by atoms with Gasteiger partial charge >= 0.3 is 0 Å². The molecule has 2 atom stereocenters. The van der Waals surface area contributed by atoms with Crippen LogP contribution in [0.4, 0.5) is 0 Å². The van der Waals surface area contributed by atoms with Crippen LogP contribution in [-0.4, -0.2) is 38.5 Å². The Hall–Kier alpha value is -0.820. The van der Waals surface area contributed by atoms with Crippen molar-refractivity contribution in [1.82, 2.24) is 5.32 Å². The van der Waals surface area contributed by atoms with Gasteiger partial charge in [-0.15, -0.1) is 0 Å². The molecule has 4 N–H and O–H groups in total. The van der Waals surface area contributed by atoms with E-state index in [2.05, 4.69) is 21.2 Å². The number of methoxy groups -OCH3 is 2. The molecule has 0 aromatic heterocycles. The van der Waals surface area contributed by atoms with Crippen molar-refractivity contribution >= 4 is 15.9 Å². The zero-order valence-corrected chi connectivity index (χ0v) is 13.7. The smallest absolute Gasteiger partial charge is 0.161 e. The van der Waals surface area contributed by atoms with Gasteiger partial charge in [0.1, 0.15) is 0 Å². The van der Waals surface area contributed by atoms with Gasteiger partial charge in [0.05, 0.1) is 14.2 Å². The molecule has 6 heteroatoms. The number of benzene rings is 1. The van der Waals surface area contributed by atoms with E-state index in [4.69, 9.17) is 20.3 Å². The van der Waals surface area contributed by atoms with Crippen molar-refractivity contribution in [2.75, 3.05) is 27.4 Å². The highest BCUT2D eigenvalue weighted by molar-refractivity contribution is 9.10. The van der Waals surface area contributed by atoms with Crippen LogP contribution >= 0.6 is 15.9 Å². The first-order valence-electron chi connectivity index (χ1n) is 6.55. The minimum absolute atomic E-state index is 0.0225. The number of ether oxygens (including phenoxy) is 2. The molecule has 0 fully saturated rings. The number of aliphatic hydroxyl groups excluding tert-OH is 1. The monoisotopic (exact) mass is 346 g/mol. The molecule has 5 nitrogen and oxygen atoms in total. The zero-order chi connectivity index (χ0) is 15.1. The lowest BCUT2D eigenvalue weighted by molar-refractivity contribution is 0.263. The van der Waals surface area contributed by atoms with Crippen LogP contribution in [0.25, 0.3) is 0 Å². The molecule has 2 unspecified atom stereocenters. The SMILES string of the molecule is COc1cc(Br)c(C(CN)NC(C)CCO)cc1OC. The summed E-state index contributed by atoms with van der Waals surface area (Å²) in [6.45, 7) is 2.62. The highest BCUT2D eigenvalue weighted by atomic mass is 79.9. The van der Waals surface area contributed by atoms with Crippen molar-refractivity contribution in [2.45, 2.75) is 25.4 Å². The Morgan fingerprint density at radius 3 is 2.40 bits per heavy atom. The second-order valence-electron chi connectivity index (χ2n) is 4.60. The van der Waals surface area contributed by atoms with Gasteiger partial charge in [0, 0.05) is 29.7 Å². The van der Waals surface area contributed by atoms with Gasteiger partial charge in [-0.05, 0) is 31.0 Å². The minimum Gasteiger partial charge on any atom is -0.493 e. The van der Waals surface area contributed by atoms with Crippen LogP contribution < -0.4 is 20.5 Å².